The highest BCUT2D eigenvalue weighted by atomic mass is 32.2. The number of ether oxygens (including phenoxy) is 1. The highest BCUT2D eigenvalue weighted by molar-refractivity contribution is 8.00. The lowest BCUT2D eigenvalue weighted by Crippen LogP contribution is -2.31. The number of thioether (sulfide) groups is 1. The molecule has 1 aliphatic heterocycles. The van der Waals surface area contributed by atoms with E-state index in [0.717, 1.165) is 19.6 Å². The van der Waals surface area contributed by atoms with Crippen LogP contribution in [0.25, 0.3) is 0 Å². The number of rotatable bonds is 5. The van der Waals surface area contributed by atoms with E-state index in [-0.39, 0.29) is 0 Å². The van der Waals surface area contributed by atoms with Crippen LogP contribution in [0.5, 0.6) is 0 Å². The fourth-order valence-corrected chi connectivity index (χ4v) is 2.92. The van der Waals surface area contributed by atoms with Crippen molar-refractivity contribution in [1.82, 2.24) is 0 Å². The first kappa shape index (κ1) is 9.34. The molecule has 74 valence electrons. The first-order valence-electron chi connectivity index (χ1n) is 4.72. The molecule has 0 atom stereocenters. The van der Waals surface area contributed by atoms with Crippen LogP contribution in [0, 0.1) is 10.8 Å². The van der Waals surface area contributed by atoms with Crippen molar-refractivity contribution >= 4 is 17.6 Å². The Hall–Kier alpha value is -0.220. The molecule has 3 nitrogen and oxygen atoms in total. The van der Waals surface area contributed by atoms with Crippen LogP contribution in [0.4, 0.5) is 0 Å². The second-order valence-corrected chi connectivity index (χ2v) is 5.46. The Balaban J connectivity index is 1.70. The van der Waals surface area contributed by atoms with Crippen LogP contribution in [-0.4, -0.2) is 30.1 Å². The van der Waals surface area contributed by atoms with Crippen molar-refractivity contribution in [2.45, 2.75) is 24.5 Å². The normalized spacial score (nSPS) is 25.2. The van der Waals surface area contributed by atoms with Crippen molar-refractivity contribution in [2.75, 3.05) is 19.0 Å². The monoisotopic (exact) mass is 200 g/mol. The maximum atomic E-state index is 7.28. The lowest BCUT2D eigenvalue weighted by Gasteiger charge is -2.27. The molecule has 0 aromatic heterocycles. The van der Waals surface area contributed by atoms with E-state index in [9.17, 15) is 0 Å². The SMILES string of the molecule is N=C(N)CC1(CSC2COC2)CC1. The molecule has 0 bridgehead atoms. The van der Waals surface area contributed by atoms with Gasteiger partial charge in [0, 0.05) is 6.42 Å². The fourth-order valence-electron chi connectivity index (χ4n) is 1.56. The minimum Gasteiger partial charge on any atom is -0.388 e. The summed E-state index contributed by atoms with van der Waals surface area (Å²) >= 11 is 2.00. The van der Waals surface area contributed by atoms with Crippen molar-refractivity contribution < 1.29 is 4.74 Å². The standard InChI is InChI=1S/C9H16N2OS/c10-8(11)3-9(1-2-9)6-13-7-4-12-5-7/h7H,1-6H2,(H3,10,11). The van der Waals surface area contributed by atoms with E-state index in [1.165, 1.54) is 18.6 Å². The minimum atomic E-state index is 0.350. The molecule has 0 spiro atoms. The second kappa shape index (κ2) is 3.50. The Morgan fingerprint density at radius 2 is 2.23 bits per heavy atom. The summed E-state index contributed by atoms with van der Waals surface area (Å²) in [6.45, 7) is 1.83. The Labute approximate surface area is 82.9 Å². The van der Waals surface area contributed by atoms with Gasteiger partial charge in [0.25, 0.3) is 0 Å². The van der Waals surface area contributed by atoms with Gasteiger partial charge in [0.1, 0.15) is 0 Å². The molecular formula is C9H16N2OS. The van der Waals surface area contributed by atoms with Crippen LogP contribution >= 0.6 is 11.8 Å². The van der Waals surface area contributed by atoms with Gasteiger partial charge in [0.2, 0.25) is 0 Å². The van der Waals surface area contributed by atoms with Gasteiger partial charge in [-0.05, 0) is 24.0 Å². The average Bonchev–Trinajstić information content (AvgIpc) is 2.64. The van der Waals surface area contributed by atoms with Gasteiger partial charge < -0.3 is 10.5 Å². The molecule has 0 amide bonds. The molecule has 0 unspecified atom stereocenters. The van der Waals surface area contributed by atoms with E-state index in [0.29, 0.717) is 16.5 Å². The van der Waals surface area contributed by atoms with Gasteiger partial charge in [-0.1, -0.05) is 0 Å². The lowest BCUT2D eigenvalue weighted by molar-refractivity contribution is 0.0454. The maximum Gasteiger partial charge on any atom is 0.0911 e. The summed E-state index contributed by atoms with van der Waals surface area (Å²) in [6, 6.07) is 0. The van der Waals surface area contributed by atoms with E-state index >= 15 is 0 Å². The van der Waals surface area contributed by atoms with Crippen molar-refractivity contribution in [3.05, 3.63) is 0 Å². The summed E-state index contributed by atoms with van der Waals surface area (Å²) in [5.41, 5.74) is 5.82. The Bertz CT molecular complexity index is 212. The van der Waals surface area contributed by atoms with Crippen LogP contribution in [0.2, 0.25) is 0 Å². The minimum absolute atomic E-state index is 0.350. The maximum absolute atomic E-state index is 7.28. The molecule has 2 aliphatic rings. The molecule has 2 fully saturated rings. The molecule has 1 heterocycles. The summed E-state index contributed by atoms with van der Waals surface area (Å²) < 4.78 is 5.11. The molecule has 1 saturated heterocycles. The third-order valence-corrected chi connectivity index (χ3v) is 4.28. The van der Waals surface area contributed by atoms with Gasteiger partial charge in [-0.25, -0.2) is 0 Å². The van der Waals surface area contributed by atoms with Crippen LogP contribution in [0.3, 0.4) is 0 Å². The Kier molecular flexibility index (Phi) is 2.51. The topological polar surface area (TPSA) is 59.1 Å². The number of nitrogens with two attached hydrogens (primary N) is 1. The molecule has 13 heavy (non-hydrogen) atoms. The van der Waals surface area contributed by atoms with Crippen molar-refractivity contribution in [3.63, 3.8) is 0 Å². The van der Waals surface area contributed by atoms with Gasteiger partial charge in [0.05, 0.1) is 24.3 Å². The van der Waals surface area contributed by atoms with Gasteiger partial charge in [-0.3, -0.25) is 5.41 Å². The van der Waals surface area contributed by atoms with Crippen LogP contribution in [0.15, 0.2) is 0 Å². The summed E-state index contributed by atoms with van der Waals surface area (Å²) in [6.07, 6.45) is 3.31. The number of amidine groups is 1. The van der Waals surface area contributed by atoms with Gasteiger partial charge in [0.15, 0.2) is 0 Å². The molecule has 4 heteroatoms. The molecular weight excluding hydrogens is 184 g/mol. The average molecular weight is 200 g/mol. The highest BCUT2D eigenvalue weighted by Crippen LogP contribution is 2.51. The zero-order valence-electron chi connectivity index (χ0n) is 7.71. The molecule has 1 aliphatic carbocycles. The number of hydrogen-bond donors (Lipinski definition) is 2. The quantitative estimate of drug-likeness (QED) is 0.518. The van der Waals surface area contributed by atoms with Gasteiger partial charge in [-0.15, -0.1) is 0 Å². The summed E-state index contributed by atoms with van der Waals surface area (Å²) in [5, 5.41) is 7.99. The first-order chi connectivity index (χ1) is 6.20. The Morgan fingerprint density at radius 3 is 2.62 bits per heavy atom. The van der Waals surface area contributed by atoms with Crippen LogP contribution in [0.1, 0.15) is 19.3 Å². The molecule has 3 N–H and O–H groups in total. The molecule has 2 rings (SSSR count). The third-order valence-electron chi connectivity index (χ3n) is 2.76. The van der Waals surface area contributed by atoms with Crippen LogP contribution < -0.4 is 5.73 Å². The van der Waals surface area contributed by atoms with Crippen molar-refractivity contribution in [1.29, 1.82) is 5.41 Å². The molecule has 0 aromatic rings. The summed E-state index contributed by atoms with van der Waals surface area (Å²) in [5.74, 6) is 1.52. The molecule has 0 aromatic carbocycles. The second-order valence-electron chi connectivity index (χ2n) is 4.17. The largest absolute Gasteiger partial charge is 0.388 e. The van der Waals surface area contributed by atoms with Gasteiger partial charge >= 0.3 is 0 Å². The van der Waals surface area contributed by atoms with Crippen molar-refractivity contribution in [2.24, 2.45) is 11.1 Å². The zero-order valence-corrected chi connectivity index (χ0v) is 8.53. The first-order valence-corrected chi connectivity index (χ1v) is 5.77. The van der Waals surface area contributed by atoms with E-state index in [4.69, 9.17) is 15.9 Å². The number of hydrogen-bond acceptors (Lipinski definition) is 3. The lowest BCUT2D eigenvalue weighted by atomic mass is 10.1. The van der Waals surface area contributed by atoms with Gasteiger partial charge in [-0.2, -0.15) is 11.8 Å². The molecule has 0 radical (unpaired) electrons. The van der Waals surface area contributed by atoms with E-state index < -0.39 is 0 Å². The van der Waals surface area contributed by atoms with Crippen molar-refractivity contribution in [3.8, 4) is 0 Å². The van der Waals surface area contributed by atoms with E-state index in [1.807, 2.05) is 11.8 Å². The fraction of sp³-hybridized carbons (Fsp3) is 0.889. The summed E-state index contributed by atoms with van der Waals surface area (Å²) in [4.78, 5) is 0. The third kappa shape index (κ3) is 2.38. The highest BCUT2D eigenvalue weighted by Gasteiger charge is 2.43. The predicted molar refractivity (Wildman–Crippen MR) is 55.3 cm³/mol. The van der Waals surface area contributed by atoms with E-state index in [1.54, 1.807) is 0 Å². The van der Waals surface area contributed by atoms with Crippen LogP contribution in [-0.2, 0) is 4.74 Å². The predicted octanol–water partition coefficient (Wildman–Crippen LogP) is 1.22. The Morgan fingerprint density at radius 1 is 1.54 bits per heavy atom. The van der Waals surface area contributed by atoms with E-state index in [2.05, 4.69) is 0 Å². The summed E-state index contributed by atoms with van der Waals surface area (Å²) in [7, 11) is 0. The zero-order chi connectivity index (χ0) is 9.31. The number of nitrogens with one attached hydrogen (secondary N) is 1. The smallest absolute Gasteiger partial charge is 0.0911 e. The molecule has 1 saturated carbocycles.